The Bertz CT molecular complexity index is 302. The average Bonchev–Trinajstić information content (AvgIpc) is 2.26. The number of methoxy groups -OCH3 is 1. The largest absolute Gasteiger partial charge is 0.468 e. The lowest BCUT2D eigenvalue weighted by atomic mass is 9.90. The first-order valence-corrected chi connectivity index (χ1v) is 4.70. The molecular formula is C10H11BrO2. The van der Waals surface area contributed by atoms with E-state index in [1.165, 1.54) is 7.11 Å². The van der Waals surface area contributed by atoms with Crippen molar-refractivity contribution in [3.63, 3.8) is 0 Å². The second-order valence-corrected chi connectivity index (χ2v) is 3.94. The number of halogens is 1. The fourth-order valence-corrected chi connectivity index (χ4v) is 1.76. The van der Waals surface area contributed by atoms with E-state index in [4.69, 9.17) is 4.74 Å². The van der Waals surface area contributed by atoms with E-state index in [0.717, 1.165) is 4.48 Å². The molecule has 0 aliphatic heterocycles. The van der Waals surface area contributed by atoms with Gasteiger partial charge in [-0.2, -0.15) is 0 Å². The van der Waals surface area contributed by atoms with E-state index in [1.807, 2.05) is 37.3 Å². The zero-order chi connectivity index (χ0) is 9.90. The number of hydrogen-bond acceptors (Lipinski definition) is 2. The number of hydrogen-bond donors (Lipinski definition) is 0. The minimum Gasteiger partial charge on any atom is -0.468 e. The molecule has 1 aliphatic carbocycles. The topological polar surface area (TPSA) is 26.3 Å². The lowest BCUT2D eigenvalue weighted by Gasteiger charge is -2.17. The van der Waals surface area contributed by atoms with E-state index in [9.17, 15) is 4.79 Å². The van der Waals surface area contributed by atoms with Gasteiger partial charge in [-0.3, -0.25) is 4.79 Å². The Morgan fingerprint density at radius 1 is 1.54 bits per heavy atom. The van der Waals surface area contributed by atoms with E-state index in [-0.39, 0.29) is 5.97 Å². The first kappa shape index (κ1) is 10.3. The molecule has 1 unspecified atom stereocenters. The summed E-state index contributed by atoms with van der Waals surface area (Å²) in [7, 11) is 1.39. The van der Waals surface area contributed by atoms with Crippen molar-refractivity contribution in [2.45, 2.75) is 6.92 Å². The predicted molar refractivity (Wildman–Crippen MR) is 55.4 cm³/mol. The Hall–Kier alpha value is -0.830. The minimum absolute atomic E-state index is 0.260. The normalized spacial score (nSPS) is 26.5. The maximum Gasteiger partial charge on any atom is 0.319 e. The third-order valence-corrected chi connectivity index (χ3v) is 2.37. The average molecular weight is 243 g/mol. The first-order valence-electron chi connectivity index (χ1n) is 3.91. The van der Waals surface area contributed by atoms with Crippen molar-refractivity contribution in [2.24, 2.45) is 5.41 Å². The summed E-state index contributed by atoms with van der Waals surface area (Å²) in [6.07, 6.45) is 9.21. The summed E-state index contributed by atoms with van der Waals surface area (Å²) in [5.74, 6) is -0.260. The van der Waals surface area contributed by atoms with Gasteiger partial charge in [-0.15, -0.1) is 0 Å². The fraction of sp³-hybridized carbons (Fsp3) is 0.300. The number of ether oxygens (including phenoxy) is 1. The lowest BCUT2D eigenvalue weighted by molar-refractivity contribution is -0.146. The molecule has 1 rings (SSSR count). The summed E-state index contributed by atoms with van der Waals surface area (Å²) in [6.45, 7) is 1.81. The first-order chi connectivity index (χ1) is 6.08. The Morgan fingerprint density at radius 2 is 2.23 bits per heavy atom. The second kappa shape index (κ2) is 3.92. The third-order valence-electron chi connectivity index (χ3n) is 1.87. The van der Waals surface area contributed by atoms with Crippen molar-refractivity contribution < 1.29 is 9.53 Å². The summed E-state index contributed by atoms with van der Waals surface area (Å²) in [6, 6.07) is 0. The molecule has 0 aromatic carbocycles. The molecule has 1 atom stereocenters. The number of allylic oxidation sites excluding steroid dienone is 4. The standard InChI is InChI=1S/C10H11BrO2/c1-10(9(12)13-2)6-4-3-5-8(11)7-10/h3-7H,1-2H3. The maximum atomic E-state index is 11.4. The molecule has 0 heterocycles. The molecule has 0 aromatic rings. The van der Waals surface area contributed by atoms with Gasteiger partial charge in [0.05, 0.1) is 7.11 Å². The molecule has 0 N–H and O–H groups in total. The van der Waals surface area contributed by atoms with Gasteiger partial charge in [-0.25, -0.2) is 0 Å². The van der Waals surface area contributed by atoms with Crippen molar-refractivity contribution in [3.05, 3.63) is 34.9 Å². The smallest absolute Gasteiger partial charge is 0.319 e. The van der Waals surface area contributed by atoms with E-state index >= 15 is 0 Å². The van der Waals surface area contributed by atoms with Crippen molar-refractivity contribution in [1.29, 1.82) is 0 Å². The van der Waals surface area contributed by atoms with Gasteiger partial charge in [0.25, 0.3) is 0 Å². The zero-order valence-corrected chi connectivity index (χ0v) is 9.17. The number of rotatable bonds is 1. The van der Waals surface area contributed by atoms with E-state index in [1.54, 1.807) is 0 Å². The molecule has 0 amide bonds. The van der Waals surface area contributed by atoms with Crippen LogP contribution in [0.15, 0.2) is 34.9 Å². The SMILES string of the molecule is COC(=O)C1(C)C=CC=CC(Br)=C1. The highest BCUT2D eigenvalue weighted by molar-refractivity contribution is 9.11. The van der Waals surface area contributed by atoms with E-state index < -0.39 is 5.41 Å². The van der Waals surface area contributed by atoms with Gasteiger partial charge < -0.3 is 4.74 Å². The highest BCUT2D eigenvalue weighted by atomic mass is 79.9. The molecule has 2 nitrogen and oxygen atoms in total. The van der Waals surface area contributed by atoms with Gasteiger partial charge in [0.2, 0.25) is 0 Å². The quantitative estimate of drug-likeness (QED) is 0.661. The van der Waals surface area contributed by atoms with Gasteiger partial charge in [0, 0.05) is 4.48 Å². The van der Waals surface area contributed by atoms with Crippen LogP contribution in [-0.2, 0) is 9.53 Å². The number of esters is 1. The van der Waals surface area contributed by atoms with Crippen LogP contribution in [0.3, 0.4) is 0 Å². The van der Waals surface area contributed by atoms with Crippen LogP contribution >= 0.6 is 15.9 Å². The minimum atomic E-state index is -0.670. The van der Waals surface area contributed by atoms with Crippen LogP contribution in [0.2, 0.25) is 0 Å². The summed E-state index contributed by atoms with van der Waals surface area (Å²) in [5.41, 5.74) is -0.670. The van der Waals surface area contributed by atoms with Crippen molar-refractivity contribution in [3.8, 4) is 0 Å². The highest BCUT2D eigenvalue weighted by Crippen LogP contribution is 2.28. The molecule has 0 bridgehead atoms. The lowest BCUT2D eigenvalue weighted by Crippen LogP contribution is -2.24. The monoisotopic (exact) mass is 242 g/mol. The zero-order valence-electron chi connectivity index (χ0n) is 7.58. The van der Waals surface area contributed by atoms with E-state index in [0.29, 0.717) is 0 Å². The number of carbonyl (C=O) groups is 1. The van der Waals surface area contributed by atoms with Gasteiger partial charge >= 0.3 is 5.97 Å². The molecule has 13 heavy (non-hydrogen) atoms. The Kier molecular flexibility index (Phi) is 3.09. The van der Waals surface area contributed by atoms with Crippen LogP contribution in [-0.4, -0.2) is 13.1 Å². The van der Waals surface area contributed by atoms with Crippen LogP contribution in [0.1, 0.15) is 6.92 Å². The van der Waals surface area contributed by atoms with Crippen molar-refractivity contribution in [1.82, 2.24) is 0 Å². The Labute approximate surface area is 86.1 Å². The molecular weight excluding hydrogens is 232 g/mol. The molecule has 0 aromatic heterocycles. The number of carbonyl (C=O) groups excluding carboxylic acids is 1. The fourth-order valence-electron chi connectivity index (χ4n) is 1.13. The second-order valence-electron chi connectivity index (χ2n) is 3.02. The Morgan fingerprint density at radius 3 is 2.85 bits per heavy atom. The third kappa shape index (κ3) is 2.31. The maximum absolute atomic E-state index is 11.4. The van der Waals surface area contributed by atoms with Crippen LogP contribution in [0.25, 0.3) is 0 Å². The van der Waals surface area contributed by atoms with Gasteiger partial charge in [-0.05, 0) is 19.1 Å². The summed E-state index contributed by atoms with van der Waals surface area (Å²) < 4.78 is 5.59. The van der Waals surface area contributed by atoms with Crippen LogP contribution < -0.4 is 0 Å². The molecule has 0 saturated carbocycles. The molecule has 70 valence electrons. The van der Waals surface area contributed by atoms with Crippen molar-refractivity contribution in [2.75, 3.05) is 7.11 Å². The Balaban J connectivity index is 3.03. The molecule has 1 aliphatic rings. The van der Waals surface area contributed by atoms with Gasteiger partial charge in [-0.1, -0.05) is 34.2 Å². The summed E-state index contributed by atoms with van der Waals surface area (Å²) in [5, 5.41) is 0. The summed E-state index contributed by atoms with van der Waals surface area (Å²) >= 11 is 3.34. The van der Waals surface area contributed by atoms with E-state index in [2.05, 4.69) is 15.9 Å². The molecule has 0 saturated heterocycles. The van der Waals surface area contributed by atoms with Crippen LogP contribution in [0.4, 0.5) is 0 Å². The van der Waals surface area contributed by atoms with Gasteiger partial charge in [0.15, 0.2) is 0 Å². The molecule has 0 radical (unpaired) electrons. The highest BCUT2D eigenvalue weighted by Gasteiger charge is 2.29. The predicted octanol–water partition coefficient (Wildman–Crippen LogP) is 2.57. The molecule has 0 fully saturated rings. The van der Waals surface area contributed by atoms with Crippen LogP contribution in [0, 0.1) is 5.41 Å². The van der Waals surface area contributed by atoms with Crippen LogP contribution in [0.5, 0.6) is 0 Å². The van der Waals surface area contributed by atoms with Crippen molar-refractivity contribution >= 4 is 21.9 Å². The van der Waals surface area contributed by atoms with Gasteiger partial charge in [0.1, 0.15) is 5.41 Å². The molecule has 3 heteroatoms. The summed E-state index contributed by atoms with van der Waals surface area (Å²) in [4.78, 5) is 11.4. The molecule has 0 spiro atoms.